The number of esters is 1. The van der Waals surface area contributed by atoms with E-state index in [2.05, 4.69) is 111 Å². The molecule has 0 radical (unpaired) electrons. The van der Waals surface area contributed by atoms with Gasteiger partial charge in [0.15, 0.2) is 0 Å². The van der Waals surface area contributed by atoms with Crippen LogP contribution in [-0.2, 0) is 27.9 Å². The minimum atomic E-state index is -4.46. The van der Waals surface area contributed by atoms with Crippen LogP contribution in [0.2, 0.25) is 0 Å². The van der Waals surface area contributed by atoms with E-state index in [0.29, 0.717) is 23.9 Å². The van der Waals surface area contributed by atoms with E-state index in [0.717, 1.165) is 103 Å². The zero-order valence-electron chi connectivity index (χ0n) is 48.6. The van der Waals surface area contributed by atoms with E-state index in [9.17, 15) is 19.0 Å². The topological polar surface area (TPSA) is 111 Å². The van der Waals surface area contributed by atoms with E-state index in [4.69, 9.17) is 13.8 Å². The third-order valence-electron chi connectivity index (χ3n) is 12.8. The summed E-state index contributed by atoms with van der Waals surface area (Å²) < 4.78 is 30.6. The molecule has 0 aliphatic rings. The minimum Gasteiger partial charge on any atom is -0.456 e. The van der Waals surface area contributed by atoms with Crippen LogP contribution in [-0.4, -0.2) is 74.3 Å². The number of phosphoric acid groups is 1. The van der Waals surface area contributed by atoms with Crippen LogP contribution >= 0.6 is 7.82 Å². The maximum Gasteiger partial charge on any atom is 0.472 e. The summed E-state index contributed by atoms with van der Waals surface area (Å²) in [5, 5.41) is 3.04. The number of amides is 1. The van der Waals surface area contributed by atoms with Gasteiger partial charge < -0.3 is 19.4 Å². The molecule has 0 aliphatic heterocycles. The number of unbranched alkanes of at least 4 members (excludes halogenated alkanes) is 23. The van der Waals surface area contributed by atoms with Crippen molar-refractivity contribution in [3.63, 3.8) is 0 Å². The first-order valence-electron chi connectivity index (χ1n) is 30.1. The summed E-state index contributed by atoms with van der Waals surface area (Å²) in [6.07, 6.45) is 71.2. The number of quaternary nitrogens is 1. The SMILES string of the molecule is CC/C=C\C/C=C\C/C=C\C/C=C\C/C=C\C/C=C\CCCCC(=O)OC(/C=C\CCCCCCCCCCCC)C(COP(=O)(O)OCC[N+](C)(C)C)NC(=O)CCCCCCCCC/C=C\CCCCCC. The summed E-state index contributed by atoms with van der Waals surface area (Å²) in [4.78, 5) is 37.6. The highest BCUT2D eigenvalue weighted by molar-refractivity contribution is 7.47. The minimum absolute atomic E-state index is 0.0281. The number of nitrogens with one attached hydrogen (secondary N) is 1. The lowest BCUT2D eigenvalue weighted by Gasteiger charge is -2.27. The van der Waals surface area contributed by atoms with Gasteiger partial charge in [-0.15, -0.1) is 0 Å². The van der Waals surface area contributed by atoms with Gasteiger partial charge in [0.1, 0.15) is 19.3 Å². The van der Waals surface area contributed by atoms with Gasteiger partial charge in [-0.3, -0.25) is 18.6 Å². The van der Waals surface area contributed by atoms with Gasteiger partial charge in [-0.05, 0) is 109 Å². The molecular formula is C64H114N2O7P+. The fraction of sp³-hybridized carbons (Fsp3) is 0.719. The summed E-state index contributed by atoms with van der Waals surface area (Å²) in [6.45, 7) is 6.84. The summed E-state index contributed by atoms with van der Waals surface area (Å²) in [7, 11) is 1.46. The summed E-state index contributed by atoms with van der Waals surface area (Å²) >= 11 is 0. The molecule has 0 aliphatic carbocycles. The average molecular weight is 1050 g/mol. The Labute approximate surface area is 456 Å². The molecule has 0 fully saturated rings. The summed E-state index contributed by atoms with van der Waals surface area (Å²) in [6, 6.07) is -0.873. The molecule has 3 unspecified atom stereocenters. The van der Waals surface area contributed by atoms with Crippen LogP contribution < -0.4 is 5.32 Å². The van der Waals surface area contributed by atoms with Crippen molar-refractivity contribution in [2.75, 3.05) is 40.9 Å². The molecule has 74 heavy (non-hydrogen) atoms. The Hall–Kier alpha value is -3.07. The maximum atomic E-state index is 13.5. The van der Waals surface area contributed by atoms with Gasteiger partial charge in [0, 0.05) is 12.8 Å². The lowest BCUT2D eigenvalue weighted by atomic mass is 10.0. The molecule has 9 nitrogen and oxygen atoms in total. The number of phosphoric ester groups is 1. The molecular weight excluding hydrogens is 940 g/mol. The molecule has 0 aromatic heterocycles. The molecule has 10 heteroatoms. The average Bonchev–Trinajstić information content (AvgIpc) is 3.36. The molecule has 0 saturated carbocycles. The lowest BCUT2D eigenvalue weighted by molar-refractivity contribution is -0.870. The smallest absolute Gasteiger partial charge is 0.456 e. The van der Waals surface area contributed by atoms with Crippen molar-refractivity contribution in [1.82, 2.24) is 5.32 Å². The molecule has 2 N–H and O–H groups in total. The highest BCUT2D eigenvalue weighted by atomic mass is 31.2. The Kier molecular flexibility index (Phi) is 51.1. The van der Waals surface area contributed by atoms with Crippen molar-refractivity contribution in [3.8, 4) is 0 Å². The van der Waals surface area contributed by atoms with Crippen LogP contribution in [0.5, 0.6) is 0 Å². The number of rotatable bonds is 53. The molecule has 1 amide bonds. The number of carbonyl (C=O) groups excluding carboxylic acids is 2. The van der Waals surface area contributed by atoms with Crippen LogP contribution in [0.4, 0.5) is 0 Å². The van der Waals surface area contributed by atoms with Gasteiger partial charge in [-0.25, -0.2) is 4.57 Å². The Morgan fingerprint density at radius 2 is 0.865 bits per heavy atom. The van der Waals surface area contributed by atoms with Crippen molar-refractivity contribution >= 4 is 19.7 Å². The van der Waals surface area contributed by atoms with Crippen molar-refractivity contribution < 1.29 is 37.3 Å². The Balaban J connectivity index is 5.38. The fourth-order valence-corrected chi connectivity index (χ4v) is 8.85. The monoisotopic (exact) mass is 1050 g/mol. The zero-order chi connectivity index (χ0) is 54.3. The van der Waals surface area contributed by atoms with Crippen molar-refractivity contribution in [2.45, 2.75) is 258 Å². The second-order valence-electron chi connectivity index (χ2n) is 21.1. The molecule has 0 aromatic rings. The van der Waals surface area contributed by atoms with Crippen LogP contribution in [0.25, 0.3) is 0 Å². The predicted octanol–water partition coefficient (Wildman–Crippen LogP) is 18.4. The van der Waals surface area contributed by atoms with E-state index in [1.165, 1.54) is 103 Å². The van der Waals surface area contributed by atoms with E-state index in [-0.39, 0.29) is 31.5 Å². The first-order chi connectivity index (χ1) is 35.9. The highest BCUT2D eigenvalue weighted by Crippen LogP contribution is 2.43. The molecule has 0 bridgehead atoms. The maximum absolute atomic E-state index is 13.5. The summed E-state index contributed by atoms with van der Waals surface area (Å²) in [5.74, 6) is -0.565. The van der Waals surface area contributed by atoms with Crippen molar-refractivity contribution in [2.24, 2.45) is 0 Å². The number of hydrogen-bond donors (Lipinski definition) is 2. The quantitative estimate of drug-likeness (QED) is 0.0205. The Morgan fingerprint density at radius 3 is 1.34 bits per heavy atom. The second kappa shape index (κ2) is 53.3. The number of hydrogen-bond acceptors (Lipinski definition) is 6. The Bertz CT molecular complexity index is 1590. The van der Waals surface area contributed by atoms with Gasteiger partial charge in [-0.2, -0.15) is 0 Å². The first kappa shape index (κ1) is 70.9. The van der Waals surface area contributed by atoms with Crippen molar-refractivity contribution in [3.05, 3.63) is 97.2 Å². The number of nitrogens with zero attached hydrogens (tertiary/aromatic N) is 1. The standard InChI is InChI=1S/C64H113N2O7P/c1-7-10-13-16-19-22-25-28-30-31-32-33-34-35-37-39-42-45-48-51-54-57-64(68)73-62(55-52-49-46-43-40-27-24-21-18-15-12-9-3)61(60-72-74(69,70)71-59-58-66(4,5)6)65-63(67)56-53-50-47-44-41-38-36-29-26-23-20-17-14-11-8-2/h10,13,19,22-23,26,28,30,32-33,35,37,42,45,52,55,61-62H,7-9,11-12,14-18,20-21,24-25,27,29,31,34,36,38-41,43-44,46-51,53-54,56-60H2,1-6H3,(H-,65,67,69,70)/p+1/b13-10-,22-19-,26-23-,30-28-,33-32-,37-35-,45-42-,55-52-. The number of allylic oxidation sites excluding steroid dienone is 15. The number of ether oxygens (including phenoxy) is 1. The molecule has 426 valence electrons. The molecule has 0 saturated heterocycles. The first-order valence-corrected chi connectivity index (χ1v) is 31.6. The molecule has 3 atom stereocenters. The van der Waals surface area contributed by atoms with Crippen LogP contribution in [0, 0.1) is 0 Å². The van der Waals surface area contributed by atoms with Gasteiger partial charge in [0.05, 0.1) is 33.8 Å². The van der Waals surface area contributed by atoms with E-state index < -0.39 is 20.0 Å². The predicted molar refractivity (Wildman–Crippen MR) is 318 cm³/mol. The third-order valence-corrected chi connectivity index (χ3v) is 13.7. The van der Waals surface area contributed by atoms with Gasteiger partial charge >= 0.3 is 13.8 Å². The Morgan fingerprint density at radius 1 is 0.486 bits per heavy atom. The van der Waals surface area contributed by atoms with Crippen LogP contribution in [0.3, 0.4) is 0 Å². The largest absolute Gasteiger partial charge is 0.472 e. The molecule has 0 heterocycles. The second-order valence-corrected chi connectivity index (χ2v) is 22.6. The molecule has 0 rings (SSSR count). The van der Waals surface area contributed by atoms with Gasteiger partial charge in [0.2, 0.25) is 5.91 Å². The normalized spacial score (nSPS) is 14.4. The third kappa shape index (κ3) is 53.7. The van der Waals surface area contributed by atoms with Gasteiger partial charge in [0.25, 0.3) is 0 Å². The molecule has 0 spiro atoms. The molecule has 0 aromatic carbocycles. The lowest BCUT2D eigenvalue weighted by Crippen LogP contribution is -2.47. The van der Waals surface area contributed by atoms with Gasteiger partial charge in [-0.1, -0.05) is 221 Å². The summed E-state index contributed by atoms with van der Waals surface area (Å²) in [5.41, 5.74) is 0. The number of likely N-dealkylation sites (N-methyl/N-ethyl adjacent to an activating group) is 1. The van der Waals surface area contributed by atoms with Crippen LogP contribution in [0.1, 0.15) is 245 Å². The van der Waals surface area contributed by atoms with Crippen LogP contribution in [0.15, 0.2) is 97.2 Å². The zero-order valence-corrected chi connectivity index (χ0v) is 49.4. The van der Waals surface area contributed by atoms with E-state index in [1.807, 2.05) is 33.3 Å². The number of carbonyl (C=O) groups is 2. The van der Waals surface area contributed by atoms with E-state index in [1.54, 1.807) is 0 Å². The van der Waals surface area contributed by atoms with E-state index >= 15 is 0 Å². The fourth-order valence-electron chi connectivity index (χ4n) is 8.11. The highest BCUT2D eigenvalue weighted by Gasteiger charge is 2.30. The van der Waals surface area contributed by atoms with Crippen molar-refractivity contribution in [1.29, 1.82) is 0 Å².